The molecule has 0 amide bonds. The number of furan rings is 1. The highest BCUT2D eigenvalue weighted by Gasteiger charge is 2.23. The summed E-state index contributed by atoms with van der Waals surface area (Å²) in [5.74, 6) is 1.81. The van der Waals surface area contributed by atoms with Crippen molar-refractivity contribution in [2.75, 3.05) is 0 Å². The van der Waals surface area contributed by atoms with Crippen LogP contribution in [0, 0.1) is 0 Å². The molecule has 5 heteroatoms. The van der Waals surface area contributed by atoms with Gasteiger partial charge in [0, 0.05) is 49.3 Å². The van der Waals surface area contributed by atoms with Crippen molar-refractivity contribution in [2.45, 2.75) is 0 Å². The summed E-state index contributed by atoms with van der Waals surface area (Å²) in [7, 11) is 0. The molecule has 0 aliphatic rings. The van der Waals surface area contributed by atoms with Crippen LogP contribution in [-0.4, -0.2) is 19.5 Å². The highest BCUT2D eigenvalue weighted by Crippen LogP contribution is 2.45. The summed E-state index contributed by atoms with van der Waals surface area (Å²) in [6.45, 7) is 0. The van der Waals surface area contributed by atoms with Gasteiger partial charge < -0.3 is 8.98 Å². The number of hydrogen-bond acceptors (Lipinski definition) is 4. The minimum Gasteiger partial charge on any atom is -0.455 e. The van der Waals surface area contributed by atoms with Crippen LogP contribution >= 0.6 is 0 Å². The molecule has 0 aliphatic carbocycles. The van der Waals surface area contributed by atoms with Crippen molar-refractivity contribution < 1.29 is 4.42 Å². The summed E-state index contributed by atoms with van der Waals surface area (Å²) < 4.78 is 9.25. The molecule has 260 valence electrons. The molecule has 3 heterocycles. The van der Waals surface area contributed by atoms with Gasteiger partial charge >= 0.3 is 0 Å². The Balaban J connectivity index is 1.18. The third kappa shape index (κ3) is 4.58. The molecule has 0 aliphatic heterocycles. The molecule has 0 saturated heterocycles. The van der Waals surface area contributed by atoms with E-state index in [4.69, 9.17) is 19.4 Å². The second kappa shape index (κ2) is 11.9. The zero-order chi connectivity index (χ0) is 36.7. The van der Waals surface area contributed by atoms with E-state index in [1.165, 1.54) is 5.39 Å². The van der Waals surface area contributed by atoms with E-state index in [0.717, 1.165) is 93.1 Å². The van der Waals surface area contributed by atoms with Gasteiger partial charge in [0.05, 0.1) is 11.0 Å². The summed E-state index contributed by atoms with van der Waals surface area (Å²) in [4.78, 5) is 15.8. The molecule has 0 N–H and O–H groups in total. The van der Waals surface area contributed by atoms with Crippen LogP contribution in [-0.2, 0) is 0 Å². The van der Waals surface area contributed by atoms with E-state index in [2.05, 4.69) is 168 Å². The van der Waals surface area contributed by atoms with Crippen LogP contribution in [0.4, 0.5) is 0 Å². The first-order chi connectivity index (χ1) is 27.8. The maximum atomic E-state index is 6.93. The molecule has 12 rings (SSSR count). The summed E-state index contributed by atoms with van der Waals surface area (Å²) >= 11 is 0. The predicted octanol–water partition coefficient (Wildman–Crippen LogP) is 13.3. The lowest BCUT2D eigenvalue weighted by molar-refractivity contribution is 0.673. The Kier molecular flexibility index (Phi) is 6.56. The SMILES string of the molecule is c1ccc(-c2nc(-c3ccc4c(c3)c3ccccc3n4-c3ccccc3)nc(-c3cc4ccc5ccccc5c4c4oc5ccc6ccccc6c5c34)n2)cc1. The molecule has 56 heavy (non-hydrogen) atoms. The Hall–Kier alpha value is -7.63. The number of nitrogens with zero attached hydrogens (tertiary/aromatic N) is 4. The van der Waals surface area contributed by atoms with Crippen LogP contribution in [0.15, 0.2) is 186 Å². The lowest BCUT2D eigenvalue weighted by atomic mass is 9.94. The van der Waals surface area contributed by atoms with E-state index in [1.54, 1.807) is 0 Å². The molecular weight excluding hydrogens is 685 g/mol. The molecule has 0 atom stereocenters. The molecule has 9 aromatic carbocycles. The number of fused-ring (bicyclic) bond motifs is 12. The van der Waals surface area contributed by atoms with Crippen molar-refractivity contribution in [1.29, 1.82) is 0 Å². The average Bonchev–Trinajstić information content (AvgIpc) is 3.83. The quantitative estimate of drug-likeness (QED) is 0.170. The van der Waals surface area contributed by atoms with Crippen molar-refractivity contribution in [3.05, 3.63) is 182 Å². The van der Waals surface area contributed by atoms with E-state index < -0.39 is 0 Å². The second-order valence-corrected chi connectivity index (χ2v) is 14.4. The smallest absolute Gasteiger partial charge is 0.164 e. The van der Waals surface area contributed by atoms with Crippen LogP contribution in [0.5, 0.6) is 0 Å². The summed E-state index contributed by atoms with van der Waals surface area (Å²) in [5.41, 5.74) is 7.80. The summed E-state index contributed by atoms with van der Waals surface area (Å²) in [6, 6.07) is 63.7. The van der Waals surface area contributed by atoms with Crippen molar-refractivity contribution in [2.24, 2.45) is 0 Å². The monoisotopic (exact) mass is 714 g/mol. The molecule has 12 aromatic rings. The van der Waals surface area contributed by atoms with E-state index in [1.807, 2.05) is 18.2 Å². The van der Waals surface area contributed by atoms with Crippen molar-refractivity contribution in [1.82, 2.24) is 19.5 Å². The van der Waals surface area contributed by atoms with Gasteiger partial charge in [-0.1, -0.05) is 133 Å². The fourth-order valence-corrected chi connectivity index (χ4v) is 8.68. The Morgan fingerprint density at radius 3 is 1.75 bits per heavy atom. The number of aromatic nitrogens is 4. The van der Waals surface area contributed by atoms with Gasteiger partial charge in [-0.15, -0.1) is 0 Å². The van der Waals surface area contributed by atoms with E-state index in [9.17, 15) is 0 Å². The highest BCUT2D eigenvalue weighted by molar-refractivity contribution is 6.30. The predicted molar refractivity (Wildman–Crippen MR) is 230 cm³/mol. The third-order valence-corrected chi connectivity index (χ3v) is 11.2. The fourth-order valence-electron chi connectivity index (χ4n) is 8.68. The van der Waals surface area contributed by atoms with Crippen LogP contribution in [0.3, 0.4) is 0 Å². The number of hydrogen-bond donors (Lipinski definition) is 0. The highest BCUT2D eigenvalue weighted by atomic mass is 16.3. The standard InChI is InChI=1S/C51H30N4O/c1-3-15-33(16-4-1)49-52-50(35-25-27-43-40(30-35)39-21-11-12-22-42(39)55(43)36-17-5-2-6-18-36)54-51(53-49)41-29-34-24-23-31-13-7-9-19-37(31)45(34)48-47(41)46-38-20-10-8-14-32(38)26-28-44(46)56-48/h1-30H. The van der Waals surface area contributed by atoms with Gasteiger partial charge in [-0.05, 0) is 75.5 Å². The largest absolute Gasteiger partial charge is 0.455 e. The first-order valence-corrected chi connectivity index (χ1v) is 18.9. The first kappa shape index (κ1) is 30.8. The summed E-state index contributed by atoms with van der Waals surface area (Å²) in [6.07, 6.45) is 0. The molecule has 0 unspecified atom stereocenters. The zero-order valence-electron chi connectivity index (χ0n) is 30.0. The lowest BCUT2D eigenvalue weighted by Crippen LogP contribution is -2.01. The first-order valence-electron chi connectivity index (χ1n) is 18.9. The maximum absolute atomic E-state index is 6.93. The van der Waals surface area contributed by atoms with Crippen molar-refractivity contribution in [3.8, 4) is 39.9 Å². The maximum Gasteiger partial charge on any atom is 0.164 e. The minimum absolute atomic E-state index is 0.594. The van der Waals surface area contributed by atoms with Gasteiger partial charge in [0.2, 0.25) is 0 Å². The van der Waals surface area contributed by atoms with Gasteiger partial charge in [0.15, 0.2) is 17.5 Å². The Labute approximate surface area is 320 Å². The molecule has 0 spiro atoms. The average molecular weight is 715 g/mol. The summed E-state index contributed by atoms with van der Waals surface area (Å²) in [5, 5.41) is 11.1. The molecule has 5 nitrogen and oxygen atoms in total. The molecule has 0 saturated carbocycles. The van der Waals surface area contributed by atoms with Gasteiger partial charge in [0.1, 0.15) is 11.2 Å². The number of rotatable bonds is 4. The van der Waals surface area contributed by atoms with Gasteiger partial charge in [-0.25, -0.2) is 15.0 Å². The molecule has 0 bridgehead atoms. The van der Waals surface area contributed by atoms with Crippen LogP contribution in [0.1, 0.15) is 0 Å². The number of benzene rings is 9. The molecule has 3 aromatic heterocycles. The Morgan fingerprint density at radius 1 is 0.375 bits per heavy atom. The molecular formula is C51H30N4O. The van der Waals surface area contributed by atoms with Crippen molar-refractivity contribution >= 4 is 76.1 Å². The van der Waals surface area contributed by atoms with Crippen molar-refractivity contribution in [3.63, 3.8) is 0 Å². The zero-order valence-corrected chi connectivity index (χ0v) is 30.0. The van der Waals surface area contributed by atoms with E-state index in [-0.39, 0.29) is 0 Å². The van der Waals surface area contributed by atoms with Gasteiger partial charge in [-0.3, -0.25) is 0 Å². The minimum atomic E-state index is 0.594. The Morgan fingerprint density at radius 2 is 0.964 bits per heavy atom. The second-order valence-electron chi connectivity index (χ2n) is 14.4. The van der Waals surface area contributed by atoms with E-state index in [0.29, 0.717) is 17.5 Å². The number of para-hydroxylation sites is 2. The van der Waals surface area contributed by atoms with Crippen LogP contribution < -0.4 is 0 Å². The van der Waals surface area contributed by atoms with Gasteiger partial charge in [0.25, 0.3) is 0 Å². The topological polar surface area (TPSA) is 56.7 Å². The molecule has 0 radical (unpaired) electrons. The fraction of sp³-hybridized carbons (Fsp3) is 0. The lowest BCUT2D eigenvalue weighted by Gasteiger charge is -2.12. The molecule has 0 fully saturated rings. The van der Waals surface area contributed by atoms with Crippen LogP contribution in [0.25, 0.3) is 116 Å². The van der Waals surface area contributed by atoms with Gasteiger partial charge in [-0.2, -0.15) is 0 Å². The van der Waals surface area contributed by atoms with Crippen LogP contribution in [0.2, 0.25) is 0 Å². The normalized spacial score (nSPS) is 11.9. The third-order valence-electron chi connectivity index (χ3n) is 11.2. The Bertz CT molecular complexity index is 3530. The van der Waals surface area contributed by atoms with E-state index >= 15 is 0 Å².